The summed E-state index contributed by atoms with van der Waals surface area (Å²) in [6.45, 7) is 8.07. The maximum absolute atomic E-state index is 12.5. The predicted molar refractivity (Wildman–Crippen MR) is 97.6 cm³/mol. The van der Waals surface area contributed by atoms with Crippen LogP contribution in [0.4, 0.5) is 0 Å². The quantitative estimate of drug-likeness (QED) is 0.636. The molecule has 0 saturated heterocycles. The van der Waals surface area contributed by atoms with Crippen LogP contribution in [0.2, 0.25) is 0 Å². The van der Waals surface area contributed by atoms with Gasteiger partial charge in [-0.3, -0.25) is 4.79 Å². The van der Waals surface area contributed by atoms with Crippen molar-refractivity contribution >= 4 is 5.97 Å². The lowest BCUT2D eigenvalue weighted by Gasteiger charge is -2.39. The summed E-state index contributed by atoms with van der Waals surface area (Å²) in [7, 11) is 0. The largest absolute Gasteiger partial charge is 0.504 e. The zero-order valence-electron chi connectivity index (χ0n) is 15.4. The van der Waals surface area contributed by atoms with Gasteiger partial charge >= 0.3 is 5.97 Å². The van der Waals surface area contributed by atoms with E-state index in [1.54, 1.807) is 13.1 Å². The Morgan fingerprint density at radius 2 is 1.92 bits per heavy atom. The molecule has 2 N–H and O–H groups in total. The Bertz CT molecular complexity index is 936. The number of aromatic hydroxyl groups is 2. The maximum Gasteiger partial charge on any atom is 0.344 e. The van der Waals surface area contributed by atoms with Crippen LogP contribution in [0.3, 0.4) is 0 Å². The number of carbonyl (C=O) groups excluding carboxylic acids is 1. The Morgan fingerprint density at radius 1 is 1.27 bits per heavy atom. The number of hydrogen-bond acceptors (Lipinski definition) is 5. The molecule has 3 rings (SSSR count). The molecule has 0 radical (unpaired) electrons. The number of aromatic nitrogens is 1. The standard InChI is InChI=1S/C20H23NO5/c1-5-26-19(25)17-13(22)6-7-21-16(20(2,3)4)9-11-8-14(23)15(24)10-12(11)18(17)21/h6-8,10,16,23-24H,5,9H2,1-4H3. The molecule has 1 atom stereocenters. The molecule has 2 aromatic rings. The number of nitrogens with zero attached hydrogens (tertiary/aromatic N) is 1. The van der Waals surface area contributed by atoms with Crippen LogP contribution < -0.4 is 5.43 Å². The van der Waals surface area contributed by atoms with E-state index in [1.807, 2.05) is 4.57 Å². The average Bonchev–Trinajstić information content (AvgIpc) is 2.54. The van der Waals surface area contributed by atoms with Gasteiger partial charge in [-0.25, -0.2) is 4.79 Å². The number of esters is 1. The predicted octanol–water partition coefficient (Wildman–Crippen LogP) is 3.25. The van der Waals surface area contributed by atoms with Gasteiger partial charge in [0.1, 0.15) is 5.56 Å². The number of phenolic OH excluding ortho intramolecular Hbond substituents is 2. The SMILES string of the molecule is CCOC(=O)c1c2n(ccc1=O)C(C(C)(C)C)Cc1cc(O)c(O)cc1-2. The minimum Gasteiger partial charge on any atom is -0.504 e. The molecule has 138 valence electrons. The summed E-state index contributed by atoms with van der Waals surface area (Å²) in [5.74, 6) is -1.20. The number of rotatable bonds is 2. The molecule has 0 aliphatic carbocycles. The molecule has 0 saturated carbocycles. The average molecular weight is 357 g/mol. The molecule has 6 heteroatoms. The van der Waals surface area contributed by atoms with E-state index in [0.29, 0.717) is 17.7 Å². The number of phenols is 2. The first-order chi connectivity index (χ1) is 12.1. The Hall–Kier alpha value is -2.76. The van der Waals surface area contributed by atoms with E-state index in [2.05, 4.69) is 20.8 Å². The molecule has 6 nitrogen and oxygen atoms in total. The van der Waals surface area contributed by atoms with E-state index in [0.717, 1.165) is 5.56 Å². The third-order valence-corrected chi connectivity index (χ3v) is 4.81. The van der Waals surface area contributed by atoms with E-state index in [9.17, 15) is 19.8 Å². The van der Waals surface area contributed by atoms with Crippen molar-refractivity contribution in [2.45, 2.75) is 40.2 Å². The fraction of sp³-hybridized carbons (Fsp3) is 0.400. The van der Waals surface area contributed by atoms with Crippen molar-refractivity contribution in [1.82, 2.24) is 4.57 Å². The van der Waals surface area contributed by atoms with Gasteiger partial charge in [0.05, 0.1) is 12.3 Å². The third-order valence-electron chi connectivity index (χ3n) is 4.81. The Labute approximate surface area is 151 Å². The zero-order valence-corrected chi connectivity index (χ0v) is 15.4. The van der Waals surface area contributed by atoms with Gasteiger partial charge < -0.3 is 19.5 Å². The molecule has 1 unspecified atom stereocenters. The van der Waals surface area contributed by atoms with Gasteiger partial charge in [0.15, 0.2) is 16.9 Å². The van der Waals surface area contributed by atoms with Crippen molar-refractivity contribution in [2.24, 2.45) is 5.41 Å². The summed E-state index contributed by atoms with van der Waals surface area (Å²) in [5, 5.41) is 19.9. The molecule has 2 heterocycles. The van der Waals surface area contributed by atoms with Crippen LogP contribution in [-0.2, 0) is 11.2 Å². The van der Waals surface area contributed by atoms with E-state index >= 15 is 0 Å². The Morgan fingerprint density at radius 3 is 2.54 bits per heavy atom. The van der Waals surface area contributed by atoms with Gasteiger partial charge in [-0.15, -0.1) is 0 Å². The summed E-state index contributed by atoms with van der Waals surface area (Å²) in [5.41, 5.74) is 1.11. The lowest BCUT2D eigenvalue weighted by Crippen LogP contribution is -2.33. The summed E-state index contributed by atoms with van der Waals surface area (Å²) >= 11 is 0. The molecule has 1 aliphatic rings. The minimum absolute atomic E-state index is 0.0391. The highest BCUT2D eigenvalue weighted by molar-refractivity contribution is 5.97. The lowest BCUT2D eigenvalue weighted by molar-refractivity contribution is 0.0524. The number of pyridine rings is 1. The number of carbonyl (C=O) groups is 1. The van der Waals surface area contributed by atoms with E-state index < -0.39 is 11.4 Å². The maximum atomic E-state index is 12.5. The summed E-state index contributed by atoms with van der Waals surface area (Å²) < 4.78 is 7.01. The first-order valence-electron chi connectivity index (χ1n) is 8.62. The van der Waals surface area contributed by atoms with Crippen molar-refractivity contribution in [3.8, 4) is 22.8 Å². The second-order valence-corrected chi connectivity index (χ2v) is 7.62. The molecule has 1 aromatic heterocycles. The van der Waals surface area contributed by atoms with Gasteiger partial charge in [-0.05, 0) is 36.5 Å². The highest BCUT2D eigenvalue weighted by Crippen LogP contribution is 2.45. The van der Waals surface area contributed by atoms with Crippen molar-refractivity contribution in [3.05, 3.63) is 45.7 Å². The number of fused-ring (bicyclic) bond motifs is 3. The molecular weight excluding hydrogens is 334 g/mol. The number of hydrogen-bond donors (Lipinski definition) is 2. The van der Waals surface area contributed by atoms with Gasteiger partial charge in [0, 0.05) is 23.9 Å². The van der Waals surface area contributed by atoms with Crippen LogP contribution in [-0.4, -0.2) is 27.4 Å². The Kier molecular flexibility index (Phi) is 4.30. The van der Waals surface area contributed by atoms with Crippen LogP contribution in [0.5, 0.6) is 11.5 Å². The molecule has 1 aliphatic heterocycles. The van der Waals surface area contributed by atoms with Crippen LogP contribution in [0.25, 0.3) is 11.3 Å². The highest BCUT2D eigenvalue weighted by Gasteiger charge is 2.36. The molecule has 26 heavy (non-hydrogen) atoms. The lowest BCUT2D eigenvalue weighted by atomic mass is 9.78. The van der Waals surface area contributed by atoms with Crippen molar-refractivity contribution < 1.29 is 19.7 Å². The summed E-state index contributed by atoms with van der Waals surface area (Å²) in [6, 6.07) is 4.24. The normalized spacial score (nSPS) is 15.9. The fourth-order valence-corrected chi connectivity index (χ4v) is 3.53. The van der Waals surface area contributed by atoms with Crippen LogP contribution in [0.15, 0.2) is 29.2 Å². The highest BCUT2D eigenvalue weighted by atomic mass is 16.5. The van der Waals surface area contributed by atoms with Crippen molar-refractivity contribution in [1.29, 1.82) is 0 Å². The zero-order chi connectivity index (χ0) is 19.2. The summed E-state index contributed by atoms with van der Waals surface area (Å²) in [4.78, 5) is 25.0. The van der Waals surface area contributed by atoms with Crippen LogP contribution >= 0.6 is 0 Å². The topological polar surface area (TPSA) is 88.8 Å². The Balaban J connectivity index is 2.39. The molecular formula is C20H23NO5. The van der Waals surface area contributed by atoms with Gasteiger partial charge in [-0.2, -0.15) is 0 Å². The molecule has 0 fully saturated rings. The monoisotopic (exact) mass is 357 g/mol. The van der Waals surface area contributed by atoms with Crippen molar-refractivity contribution in [2.75, 3.05) is 6.61 Å². The first kappa shape index (κ1) is 18.0. The smallest absolute Gasteiger partial charge is 0.344 e. The van der Waals surface area contributed by atoms with Gasteiger partial charge in [0.2, 0.25) is 0 Å². The van der Waals surface area contributed by atoms with Crippen LogP contribution in [0.1, 0.15) is 49.7 Å². The van der Waals surface area contributed by atoms with Crippen LogP contribution in [0, 0.1) is 5.41 Å². The molecule has 0 spiro atoms. The van der Waals surface area contributed by atoms with Gasteiger partial charge in [-0.1, -0.05) is 20.8 Å². The van der Waals surface area contributed by atoms with E-state index in [4.69, 9.17) is 4.74 Å². The third kappa shape index (κ3) is 2.85. The molecule has 0 bridgehead atoms. The second kappa shape index (κ2) is 6.20. The number of ether oxygens (including phenoxy) is 1. The molecule has 1 aromatic carbocycles. The fourth-order valence-electron chi connectivity index (χ4n) is 3.53. The number of benzene rings is 1. The van der Waals surface area contributed by atoms with Gasteiger partial charge in [0.25, 0.3) is 0 Å². The summed E-state index contributed by atoms with van der Waals surface area (Å²) in [6.07, 6.45) is 2.29. The molecule has 0 amide bonds. The minimum atomic E-state index is -0.685. The van der Waals surface area contributed by atoms with Crippen molar-refractivity contribution in [3.63, 3.8) is 0 Å². The van der Waals surface area contributed by atoms with E-state index in [-0.39, 0.29) is 35.1 Å². The van der Waals surface area contributed by atoms with E-state index in [1.165, 1.54) is 18.2 Å². The first-order valence-corrected chi connectivity index (χ1v) is 8.62. The second-order valence-electron chi connectivity index (χ2n) is 7.62.